The first-order valence-corrected chi connectivity index (χ1v) is 7.72. The molecule has 0 bridgehead atoms. The molecule has 1 aliphatic rings. The summed E-state index contributed by atoms with van der Waals surface area (Å²) >= 11 is 0. The Bertz CT molecular complexity index is 425. The largest absolute Gasteiger partial charge is 0.496 e. The summed E-state index contributed by atoms with van der Waals surface area (Å²) in [7, 11) is 5.94. The quantitative estimate of drug-likeness (QED) is 0.835. The number of para-hydroxylation sites is 1. The first kappa shape index (κ1) is 16.3. The Balaban J connectivity index is 2.00. The average Bonchev–Trinajstić information content (AvgIpc) is 2.48. The molecule has 4 heteroatoms. The number of methoxy groups -OCH3 is 1. The molecule has 2 rings (SSSR count). The lowest BCUT2D eigenvalue weighted by molar-refractivity contribution is -0.0229. The van der Waals surface area contributed by atoms with Crippen LogP contribution in [0.4, 0.5) is 0 Å². The Morgan fingerprint density at radius 3 is 2.86 bits per heavy atom. The highest BCUT2D eigenvalue weighted by atomic mass is 16.5. The first-order valence-electron chi connectivity index (χ1n) is 7.72. The average molecular weight is 292 g/mol. The molecule has 0 aromatic heterocycles. The van der Waals surface area contributed by atoms with Crippen LogP contribution in [0.3, 0.4) is 0 Å². The van der Waals surface area contributed by atoms with Gasteiger partial charge in [0.25, 0.3) is 0 Å². The summed E-state index contributed by atoms with van der Waals surface area (Å²) in [5.41, 5.74) is 1.46. The van der Waals surface area contributed by atoms with E-state index in [0.717, 1.165) is 45.0 Å². The molecule has 21 heavy (non-hydrogen) atoms. The van der Waals surface area contributed by atoms with Gasteiger partial charge >= 0.3 is 0 Å². The third-order valence-electron chi connectivity index (χ3n) is 4.19. The van der Waals surface area contributed by atoms with Gasteiger partial charge in [0.05, 0.1) is 13.7 Å². The van der Waals surface area contributed by atoms with Gasteiger partial charge in [-0.05, 0) is 33.0 Å². The molecule has 1 aromatic rings. The molecular formula is C17H28N2O2. The Kier molecular flexibility index (Phi) is 6.03. The van der Waals surface area contributed by atoms with Crippen molar-refractivity contribution in [2.75, 3.05) is 47.5 Å². The minimum Gasteiger partial charge on any atom is -0.496 e. The fourth-order valence-electron chi connectivity index (χ4n) is 3.36. The molecule has 1 fully saturated rings. The second-order valence-corrected chi connectivity index (χ2v) is 6.17. The molecule has 0 aliphatic carbocycles. The van der Waals surface area contributed by atoms with E-state index < -0.39 is 0 Å². The molecule has 1 aliphatic heterocycles. The summed E-state index contributed by atoms with van der Waals surface area (Å²) in [5.74, 6) is 0.965. The smallest absolute Gasteiger partial charge is 0.123 e. The molecule has 0 radical (unpaired) electrons. The lowest BCUT2D eigenvalue weighted by Gasteiger charge is -2.40. The van der Waals surface area contributed by atoms with E-state index >= 15 is 0 Å². The van der Waals surface area contributed by atoms with E-state index in [1.807, 2.05) is 19.2 Å². The fraction of sp³-hybridized carbons (Fsp3) is 0.647. The molecule has 1 atom stereocenters. The van der Waals surface area contributed by atoms with Crippen LogP contribution in [-0.4, -0.2) is 52.4 Å². The highest BCUT2D eigenvalue weighted by molar-refractivity contribution is 5.33. The van der Waals surface area contributed by atoms with Crippen LogP contribution in [0.2, 0.25) is 0 Å². The highest BCUT2D eigenvalue weighted by Gasteiger charge is 2.33. The number of hydrogen-bond donors (Lipinski definition) is 1. The predicted molar refractivity (Wildman–Crippen MR) is 85.7 cm³/mol. The van der Waals surface area contributed by atoms with Crippen molar-refractivity contribution in [3.8, 4) is 5.75 Å². The lowest BCUT2D eigenvalue weighted by Crippen LogP contribution is -2.47. The van der Waals surface area contributed by atoms with Gasteiger partial charge < -0.3 is 19.7 Å². The van der Waals surface area contributed by atoms with Crippen molar-refractivity contribution in [1.82, 2.24) is 10.2 Å². The SMILES string of the molecule is CNCC1(CN(C)Cc2ccccc2OC)CCCOC1. The van der Waals surface area contributed by atoms with Crippen LogP contribution in [0.1, 0.15) is 18.4 Å². The van der Waals surface area contributed by atoms with Gasteiger partial charge in [-0.25, -0.2) is 0 Å². The number of nitrogens with zero attached hydrogens (tertiary/aromatic N) is 1. The molecule has 4 nitrogen and oxygen atoms in total. The minimum atomic E-state index is 0.226. The van der Waals surface area contributed by atoms with Gasteiger partial charge in [0.1, 0.15) is 5.75 Å². The Morgan fingerprint density at radius 1 is 1.38 bits per heavy atom. The summed E-state index contributed by atoms with van der Waals surface area (Å²) in [6.07, 6.45) is 2.38. The van der Waals surface area contributed by atoms with E-state index in [0.29, 0.717) is 0 Å². The molecule has 0 spiro atoms. The predicted octanol–water partition coefficient (Wildman–Crippen LogP) is 2.14. The number of rotatable bonds is 7. The minimum absolute atomic E-state index is 0.226. The van der Waals surface area contributed by atoms with Crippen LogP contribution in [0.25, 0.3) is 0 Å². The van der Waals surface area contributed by atoms with Crippen LogP contribution in [0.15, 0.2) is 24.3 Å². The normalized spacial score (nSPS) is 22.5. The van der Waals surface area contributed by atoms with E-state index in [1.165, 1.54) is 12.0 Å². The maximum Gasteiger partial charge on any atom is 0.123 e. The van der Waals surface area contributed by atoms with E-state index in [4.69, 9.17) is 9.47 Å². The molecule has 1 N–H and O–H groups in total. The second-order valence-electron chi connectivity index (χ2n) is 6.17. The van der Waals surface area contributed by atoms with Gasteiger partial charge in [0.15, 0.2) is 0 Å². The summed E-state index contributed by atoms with van der Waals surface area (Å²) in [4.78, 5) is 2.38. The maximum absolute atomic E-state index is 5.74. The van der Waals surface area contributed by atoms with Crippen molar-refractivity contribution in [2.45, 2.75) is 19.4 Å². The van der Waals surface area contributed by atoms with E-state index in [1.54, 1.807) is 7.11 Å². The monoisotopic (exact) mass is 292 g/mol. The molecule has 1 heterocycles. The van der Waals surface area contributed by atoms with E-state index in [9.17, 15) is 0 Å². The molecule has 118 valence electrons. The molecular weight excluding hydrogens is 264 g/mol. The highest BCUT2D eigenvalue weighted by Crippen LogP contribution is 2.30. The van der Waals surface area contributed by atoms with Crippen molar-refractivity contribution in [3.05, 3.63) is 29.8 Å². The summed E-state index contributed by atoms with van der Waals surface area (Å²) in [6, 6.07) is 8.24. The van der Waals surface area contributed by atoms with Crippen LogP contribution in [0, 0.1) is 5.41 Å². The summed E-state index contributed by atoms with van der Waals surface area (Å²) in [6.45, 7) is 4.69. The van der Waals surface area contributed by atoms with E-state index in [-0.39, 0.29) is 5.41 Å². The van der Waals surface area contributed by atoms with Gasteiger partial charge in [-0.2, -0.15) is 0 Å². The lowest BCUT2D eigenvalue weighted by atomic mass is 9.81. The Hall–Kier alpha value is -1.10. The van der Waals surface area contributed by atoms with Crippen LogP contribution in [-0.2, 0) is 11.3 Å². The molecule has 0 saturated carbocycles. The molecule has 1 aromatic carbocycles. The maximum atomic E-state index is 5.74. The van der Waals surface area contributed by atoms with Crippen molar-refractivity contribution < 1.29 is 9.47 Å². The summed E-state index contributed by atoms with van der Waals surface area (Å²) in [5, 5.41) is 3.34. The van der Waals surface area contributed by atoms with Gasteiger partial charge in [0, 0.05) is 37.2 Å². The Morgan fingerprint density at radius 2 is 2.19 bits per heavy atom. The number of hydrogen-bond acceptors (Lipinski definition) is 4. The first-order chi connectivity index (χ1) is 10.2. The van der Waals surface area contributed by atoms with Gasteiger partial charge in [-0.1, -0.05) is 18.2 Å². The zero-order valence-corrected chi connectivity index (χ0v) is 13.5. The van der Waals surface area contributed by atoms with Gasteiger partial charge in [-0.3, -0.25) is 0 Å². The number of nitrogens with one attached hydrogen (secondary N) is 1. The van der Waals surface area contributed by atoms with Crippen molar-refractivity contribution in [3.63, 3.8) is 0 Å². The number of ether oxygens (including phenoxy) is 2. The van der Waals surface area contributed by atoms with Crippen LogP contribution >= 0.6 is 0 Å². The molecule has 1 saturated heterocycles. The fourth-order valence-corrected chi connectivity index (χ4v) is 3.36. The third-order valence-corrected chi connectivity index (χ3v) is 4.19. The van der Waals surface area contributed by atoms with E-state index in [2.05, 4.69) is 29.4 Å². The zero-order chi connectivity index (χ0) is 15.1. The Labute approximate surface area is 128 Å². The third kappa shape index (κ3) is 4.43. The van der Waals surface area contributed by atoms with Crippen LogP contribution < -0.4 is 10.1 Å². The topological polar surface area (TPSA) is 33.7 Å². The zero-order valence-electron chi connectivity index (χ0n) is 13.5. The van der Waals surface area contributed by atoms with Crippen molar-refractivity contribution in [2.24, 2.45) is 5.41 Å². The molecule has 1 unspecified atom stereocenters. The molecule has 0 amide bonds. The van der Waals surface area contributed by atoms with Crippen LogP contribution in [0.5, 0.6) is 5.75 Å². The standard InChI is InChI=1S/C17H28N2O2/c1-18-12-17(9-6-10-21-14-17)13-19(2)11-15-7-4-5-8-16(15)20-3/h4-5,7-8,18H,6,9-14H2,1-3H3. The van der Waals surface area contributed by atoms with Gasteiger partial charge in [-0.15, -0.1) is 0 Å². The second kappa shape index (κ2) is 7.78. The van der Waals surface area contributed by atoms with Crippen molar-refractivity contribution in [1.29, 1.82) is 0 Å². The van der Waals surface area contributed by atoms with Gasteiger partial charge in [0.2, 0.25) is 0 Å². The number of benzene rings is 1. The van der Waals surface area contributed by atoms with Crippen molar-refractivity contribution >= 4 is 0 Å². The summed E-state index contributed by atoms with van der Waals surface area (Å²) < 4.78 is 11.2.